The van der Waals surface area contributed by atoms with Crippen molar-refractivity contribution < 1.29 is 4.79 Å². The zero-order chi connectivity index (χ0) is 10.7. The molecule has 1 N–H and O–H groups in total. The van der Waals surface area contributed by atoms with Gasteiger partial charge in [0.05, 0.1) is 0 Å². The van der Waals surface area contributed by atoms with Crippen LogP contribution in [0.3, 0.4) is 0 Å². The summed E-state index contributed by atoms with van der Waals surface area (Å²) >= 11 is 3.60. The number of carbonyl (C=O) groups excluding carboxylic acids is 1. The number of amides is 1. The fourth-order valence-corrected chi connectivity index (χ4v) is 3.33. The van der Waals surface area contributed by atoms with Crippen molar-refractivity contribution in [3.8, 4) is 0 Å². The fraction of sp³-hybridized carbons (Fsp3) is 0.917. The standard InChI is InChI=1S/C12H20BrNO/c13-8-12(6-1-2-7-12)9-14-11(15)10-4-3-5-10/h10H,1-9H2,(H,14,15). The predicted octanol–water partition coefficient (Wildman–Crippen LogP) is 2.86. The van der Waals surface area contributed by atoms with Gasteiger partial charge in [-0.3, -0.25) is 4.79 Å². The van der Waals surface area contributed by atoms with Crippen molar-refractivity contribution in [1.29, 1.82) is 0 Å². The van der Waals surface area contributed by atoms with Gasteiger partial charge in [0, 0.05) is 17.8 Å². The molecule has 0 saturated heterocycles. The first kappa shape index (κ1) is 11.4. The Balaban J connectivity index is 1.77. The second kappa shape index (κ2) is 4.86. The van der Waals surface area contributed by atoms with E-state index in [9.17, 15) is 4.79 Å². The van der Waals surface area contributed by atoms with Gasteiger partial charge >= 0.3 is 0 Å². The summed E-state index contributed by atoms with van der Waals surface area (Å²) in [5.41, 5.74) is 0.361. The lowest BCUT2D eigenvalue weighted by molar-refractivity contribution is -0.127. The van der Waals surface area contributed by atoms with Gasteiger partial charge in [-0.15, -0.1) is 0 Å². The molecule has 2 aliphatic rings. The maximum absolute atomic E-state index is 11.7. The monoisotopic (exact) mass is 273 g/mol. The molecule has 2 aliphatic carbocycles. The van der Waals surface area contributed by atoms with Gasteiger partial charge in [-0.05, 0) is 31.1 Å². The van der Waals surface area contributed by atoms with Gasteiger partial charge in [-0.1, -0.05) is 35.2 Å². The van der Waals surface area contributed by atoms with Gasteiger partial charge in [0.2, 0.25) is 5.91 Å². The summed E-state index contributed by atoms with van der Waals surface area (Å²) in [6, 6.07) is 0. The summed E-state index contributed by atoms with van der Waals surface area (Å²) in [6.07, 6.45) is 8.63. The number of rotatable bonds is 4. The number of hydrogen-bond donors (Lipinski definition) is 1. The molecule has 0 unspecified atom stereocenters. The van der Waals surface area contributed by atoms with Crippen LogP contribution in [0.5, 0.6) is 0 Å². The van der Waals surface area contributed by atoms with Crippen molar-refractivity contribution in [1.82, 2.24) is 5.32 Å². The summed E-state index contributed by atoms with van der Waals surface area (Å²) in [5, 5.41) is 4.18. The van der Waals surface area contributed by atoms with Crippen molar-refractivity contribution >= 4 is 21.8 Å². The van der Waals surface area contributed by atoms with Gasteiger partial charge < -0.3 is 5.32 Å². The zero-order valence-electron chi connectivity index (χ0n) is 9.23. The van der Waals surface area contributed by atoms with Gasteiger partial charge in [0.15, 0.2) is 0 Å². The highest BCUT2D eigenvalue weighted by molar-refractivity contribution is 9.09. The van der Waals surface area contributed by atoms with Crippen LogP contribution >= 0.6 is 15.9 Å². The normalized spacial score (nSPS) is 24.9. The Morgan fingerprint density at radius 3 is 2.40 bits per heavy atom. The molecule has 86 valence electrons. The molecule has 15 heavy (non-hydrogen) atoms. The molecule has 0 aromatic carbocycles. The minimum Gasteiger partial charge on any atom is -0.355 e. The van der Waals surface area contributed by atoms with E-state index < -0.39 is 0 Å². The molecule has 2 rings (SSSR count). The van der Waals surface area contributed by atoms with E-state index in [1.54, 1.807) is 0 Å². The molecule has 1 amide bonds. The molecule has 0 bridgehead atoms. The highest BCUT2D eigenvalue weighted by Crippen LogP contribution is 2.39. The lowest BCUT2D eigenvalue weighted by Gasteiger charge is -2.30. The van der Waals surface area contributed by atoms with Crippen molar-refractivity contribution in [3.05, 3.63) is 0 Å². The van der Waals surface area contributed by atoms with Gasteiger partial charge in [-0.2, -0.15) is 0 Å². The third-order valence-electron chi connectivity index (χ3n) is 4.06. The SMILES string of the molecule is O=C(NCC1(CBr)CCCC1)C1CCC1. The van der Waals surface area contributed by atoms with Crippen molar-refractivity contribution in [2.45, 2.75) is 44.9 Å². The van der Waals surface area contributed by atoms with Crippen LogP contribution in [0.1, 0.15) is 44.9 Å². The molecule has 0 heterocycles. The minimum absolute atomic E-state index is 0.300. The van der Waals surface area contributed by atoms with Gasteiger partial charge in [0.1, 0.15) is 0 Å². The minimum atomic E-state index is 0.300. The average Bonchev–Trinajstić information content (AvgIpc) is 2.61. The van der Waals surface area contributed by atoms with Gasteiger partial charge in [-0.25, -0.2) is 0 Å². The van der Waals surface area contributed by atoms with Crippen LogP contribution in [0.15, 0.2) is 0 Å². The topological polar surface area (TPSA) is 29.1 Å². The molecule has 0 aliphatic heterocycles. The fourth-order valence-electron chi connectivity index (χ4n) is 2.57. The Bertz CT molecular complexity index is 232. The molecule has 0 spiro atoms. The second-order valence-electron chi connectivity index (χ2n) is 5.19. The molecule has 2 saturated carbocycles. The Labute approximate surface area is 100 Å². The van der Waals surface area contributed by atoms with E-state index in [-0.39, 0.29) is 0 Å². The summed E-state index contributed by atoms with van der Waals surface area (Å²) in [5.74, 6) is 0.632. The molecule has 3 heteroatoms. The smallest absolute Gasteiger partial charge is 0.223 e. The molecular formula is C12H20BrNO. The van der Waals surface area contributed by atoms with Crippen LogP contribution in [-0.2, 0) is 4.79 Å². The van der Waals surface area contributed by atoms with Crippen LogP contribution in [0.25, 0.3) is 0 Å². The highest BCUT2D eigenvalue weighted by atomic mass is 79.9. The zero-order valence-corrected chi connectivity index (χ0v) is 10.8. The lowest BCUT2D eigenvalue weighted by Crippen LogP contribution is -2.41. The number of alkyl halides is 1. The van der Waals surface area contributed by atoms with E-state index in [1.807, 2.05) is 0 Å². The maximum atomic E-state index is 11.7. The highest BCUT2D eigenvalue weighted by Gasteiger charge is 2.34. The van der Waals surface area contributed by atoms with Crippen molar-refractivity contribution in [2.24, 2.45) is 11.3 Å². The van der Waals surface area contributed by atoms with E-state index in [1.165, 1.54) is 32.1 Å². The summed E-state index contributed by atoms with van der Waals surface area (Å²) in [4.78, 5) is 11.7. The van der Waals surface area contributed by atoms with Crippen LogP contribution in [0.2, 0.25) is 0 Å². The van der Waals surface area contributed by atoms with E-state index in [4.69, 9.17) is 0 Å². The first-order chi connectivity index (χ1) is 7.26. The van der Waals surface area contributed by atoms with E-state index in [2.05, 4.69) is 21.2 Å². The Morgan fingerprint density at radius 2 is 1.93 bits per heavy atom. The third kappa shape index (κ3) is 2.55. The van der Waals surface area contributed by atoms with Crippen LogP contribution in [0, 0.1) is 11.3 Å². The second-order valence-corrected chi connectivity index (χ2v) is 5.75. The molecular weight excluding hydrogens is 254 g/mol. The molecule has 0 atom stereocenters. The average molecular weight is 274 g/mol. The largest absolute Gasteiger partial charge is 0.355 e. The number of halogens is 1. The summed E-state index contributed by atoms with van der Waals surface area (Å²) < 4.78 is 0. The molecule has 0 radical (unpaired) electrons. The first-order valence-electron chi connectivity index (χ1n) is 6.09. The van der Waals surface area contributed by atoms with Crippen LogP contribution < -0.4 is 5.32 Å². The number of nitrogens with one attached hydrogen (secondary N) is 1. The van der Waals surface area contributed by atoms with Crippen molar-refractivity contribution in [2.75, 3.05) is 11.9 Å². The number of carbonyl (C=O) groups is 1. The van der Waals surface area contributed by atoms with E-state index >= 15 is 0 Å². The predicted molar refractivity (Wildman–Crippen MR) is 65.0 cm³/mol. The Kier molecular flexibility index (Phi) is 3.70. The summed E-state index contributed by atoms with van der Waals surface area (Å²) in [6.45, 7) is 0.883. The summed E-state index contributed by atoms with van der Waals surface area (Å²) in [7, 11) is 0. The van der Waals surface area contributed by atoms with Gasteiger partial charge in [0.25, 0.3) is 0 Å². The van der Waals surface area contributed by atoms with Crippen molar-refractivity contribution in [3.63, 3.8) is 0 Å². The molecule has 0 aromatic heterocycles. The Hall–Kier alpha value is -0.0500. The van der Waals surface area contributed by atoms with Crippen LogP contribution in [0.4, 0.5) is 0 Å². The van der Waals surface area contributed by atoms with E-state index in [0.717, 1.165) is 24.7 Å². The third-order valence-corrected chi connectivity index (χ3v) is 5.25. The van der Waals surface area contributed by atoms with Crippen LogP contribution in [-0.4, -0.2) is 17.8 Å². The molecule has 2 nitrogen and oxygen atoms in total. The first-order valence-corrected chi connectivity index (χ1v) is 7.22. The molecule has 0 aromatic rings. The molecule has 2 fully saturated rings. The quantitative estimate of drug-likeness (QED) is 0.785. The number of hydrogen-bond acceptors (Lipinski definition) is 1. The van der Waals surface area contributed by atoms with E-state index in [0.29, 0.717) is 17.2 Å². The Morgan fingerprint density at radius 1 is 1.27 bits per heavy atom. The maximum Gasteiger partial charge on any atom is 0.223 e. The lowest BCUT2D eigenvalue weighted by atomic mass is 9.84.